The fraction of sp³-hybridized carbons (Fsp3) is 0.316. The molecule has 0 spiro atoms. The normalized spacial score (nSPS) is 14.9. The first-order valence-electron chi connectivity index (χ1n) is 8.58. The molecule has 144 valence electrons. The van der Waals surface area contributed by atoms with Crippen LogP contribution in [0.5, 0.6) is 5.75 Å². The number of methoxy groups -OCH3 is 1. The SMILES string of the molecule is COc1cc(Cl)c(C)cc1NC(=O)c1cccc(S(=O)(=O)N2CCCC2)c1. The van der Waals surface area contributed by atoms with E-state index in [4.69, 9.17) is 16.3 Å². The minimum absolute atomic E-state index is 0.122. The van der Waals surface area contributed by atoms with E-state index in [0.717, 1.165) is 18.4 Å². The van der Waals surface area contributed by atoms with Crippen molar-refractivity contribution >= 4 is 33.2 Å². The molecule has 1 N–H and O–H groups in total. The van der Waals surface area contributed by atoms with Crippen LogP contribution in [0, 0.1) is 6.92 Å². The molecule has 1 fully saturated rings. The number of anilines is 1. The second-order valence-corrected chi connectivity index (χ2v) is 8.74. The Morgan fingerprint density at radius 3 is 2.56 bits per heavy atom. The Hall–Kier alpha value is -2.09. The smallest absolute Gasteiger partial charge is 0.255 e. The molecule has 0 unspecified atom stereocenters. The first-order chi connectivity index (χ1) is 12.8. The van der Waals surface area contributed by atoms with E-state index in [0.29, 0.717) is 29.5 Å². The molecule has 1 saturated heterocycles. The fourth-order valence-electron chi connectivity index (χ4n) is 3.00. The number of rotatable bonds is 5. The van der Waals surface area contributed by atoms with Gasteiger partial charge in [-0.3, -0.25) is 4.79 Å². The van der Waals surface area contributed by atoms with Crippen LogP contribution in [0.4, 0.5) is 5.69 Å². The van der Waals surface area contributed by atoms with Gasteiger partial charge in [0.25, 0.3) is 5.91 Å². The van der Waals surface area contributed by atoms with Crippen molar-refractivity contribution in [2.45, 2.75) is 24.7 Å². The lowest BCUT2D eigenvalue weighted by Crippen LogP contribution is -2.28. The molecule has 3 rings (SSSR count). The lowest BCUT2D eigenvalue weighted by molar-refractivity contribution is 0.102. The molecular weight excluding hydrogens is 388 g/mol. The Morgan fingerprint density at radius 2 is 1.89 bits per heavy atom. The van der Waals surface area contributed by atoms with E-state index < -0.39 is 15.9 Å². The van der Waals surface area contributed by atoms with E-state index in [1.54, 1.807) is 24.3 Å². The van der Waals surface area contributed by atoms with Crippen molar-refractivity contribution in [3.05, 3.63) is 52.5 Å². The number of aryl methyl sites for hydroxylation is 1. The van der Waals surface area contributed by atoms with Gasteiger partial charge in [0.05, 0.1) is 17.7 Å². The van der Waals surface area contributed by atoms with Gasteiger partial charge in [0.2, 0.25) is 10.0 Å². The molecule has 1 aliphatic rings. The van der Waals surface area contributed by atoms with Crippen LogP contribution in [-0.2, 0) is 10.0 Å². The molecule has 0 atom stereocenters. The third-order valence-corrected chi connectivity index (χ3v) is 6.83. The van der Waals surface area contributed by atoms with Gasteiger partial charge >= 0.3 is 0 Å². The minimum Gasteiger partial charge on any atom is -0.495 e. The van der Waals surface area contributed by atoms with Gasteiger partial charge in [-0.1, -0.05) is 17.7 Å². The summed E-state index contributed by atoms with van der Waals surface area (Å²) in [6.45, 7) is 2.85. The number of nitrogens with one attached hydrogen (secondary N) is 1. The molecule has 1 amide bonds. The summed E-state index contributed by atoms with van der Waals surface area (Å²) < 4.78 is 32.1. The van der Waals surface area contributed by atoms with Crippen LogP contribution >= 0.6 is 11.6 Å². The van der Waals surface area contributed by atoms with Crippen LogP contribution in [0.3, 0.4) is 0 Å². The lowest BCUT2D eigenvalue weighted by Gasteiger charge is -2.16. The first-order valence-corrected chi connectivity index (χ1v) is 10.4. The van der Waals surface area contributed by atoms with E-state index in [1.807, 2.05) is 6.92 Å². The lowest BCUT2D eigenvalue weighted by atomic mass is 10.1. The molecular formula is C19H21ClN2O4S. The van der Waals surface area contributed by atoms with Gasteiger partial charge < -0.3 is 10.1 Å². The monoisotopic (exact) mass is 408 g/mol. The molecule has 2 aromatic rings. The molecule has 2 aromatic carbocycles. The Morgan fingerprint density at radius 1 is 1.19 bits per heavy atom. The predicted molar refractivity (Wildman–Crippen MR) is 105 cm³/mol. The molecule has 6 nitrogen and oxygen atoms in total. The number of carbonyl (C=O) groups excluding carboxylic acids is 1. The summed E-state index contributed by atoms with van der Waals surface area (Å²) in [5, 5.41) is 3.29. The maximum atomic E-state index is 12.7. The van der Waals surface area contributed by atoms with E-state index in [-0.39, 0.29) is 10.5 Å². The first kappa shape index (κ1) is 19.7. The number of halogens is 1. The average Bonchev–Trinajstić information content (AvgIpc) is 3.20. The molecule has 0 aliphatic carbocycles. The Balaban J connectivity index is 1.87. The van der Waals surface area contributed by atoms with Gasteiger partial charge in [-0.25, -0.2) is 8.42 Å². The van der Waals surface area contributed by atoms with Gasteiger partial charge in [-0.15, -0.1) is 0 Å². The zero-order valence-corrected chi connectivity index (χ0v) is 16.7. The molecule has 0 radical (unpaired) electrons. The van der Waals surface area contributed by atoms with E-state index in [1.165, 1.54) is 23.5 Å². The van der Waals surface area contributed by atoms with E-state index in [2.05, 4.69) is 5.32 Å². The topological polar surface area (TPSA) is 75.7 Å². The van der Waals surface area contributed by atoms with Crippen molar-refractivity contribution in [2.75, 3.05) is 25.5 Å². The molecule has 0 bridgehead atoms. The number of ether oxygens (including phenoxy) is 1. The standard InChI is InChI=1S/C19H21ClN2O4S/c1-13-10-17(18(26-2)12-16(13)20)21-19(23)14-6-5-7-15(11-14)27(24,25)22-8-3-4-9-22/h5-7,10-12H,3-4,8-9H2,1-2H3,(H,21,23). The number of amides is 1. The van der Waals surface area contributed by atoms with Crippen LogP contribution in [0.25, 0.3) is 0 Å². The maximum absolute atomic E-state index is 12.7. The van der Waals surface area contributed by atoms with Gasteiger partial charge in [0, 0.05) is 29.7 Å². The number of sulfonamides is 1. The van der Waals surface area contributed by atoms with Crippen molar-refractivity contribution in [1.29, 1.82) is 0 Å². The summed E-state index contributed by atoms with van der Waals surface area (Å²) in [6, 6.07) is 9.40. The highest BCUT2D eigenvalue weighted by Gasteiger charge is 2.27. The predicted octanol–water partition coefficient (Wildman–Crippen LogP) is 3.69. The zero-order chi connectivity index (χ0) is 19.6. The van der Waals surface area contributed by atoms with Gasteiger partial charge in [-0.2, -0.15) is 4.31 Å². The Labute approximate surface area is 164 Å². The van der Waals surface area contributed by atoms with Gasteiger partial charge in [-0.05, 0) is 49.6 Å². The summed E-state index contributed by atoms with van der Waals surface area (Å²) in [5.74, 6) is 0.00767. The van der Waals surface area contributed by atoms with Crippen LogP contribution in [0.2, 0.25) is 5.02 Å². The van der Waals surface area contributed by atoms with Crippen molar-refractivity contribution in [2.24, 2.45) is 0 Å². The summed E-state index contributed by atoms with van der Waals surface area (Å²) in [4.78, 5) is 12.8. The summed E-state index contributed by atoms with van der Waals surface area (Å²) in [6.07, 6.45) is 1.71. The molecule has 1 aliphatic heterocycles. The van der Waals surface area contributed by atoms with Crippen LogP contribution < -0.4 is 10.1 Å². The summed E-state index contributed by atoms with van der Waals surface area (Å²) in [7, 11) is -2.10. The third-order valence-electron chi connectivity index (χ3n) is 4.53. The average molecular weight is 409 g/mol. The van der Waals surface area contributed by atoms with Crippen molar-refractivity contribution in [1.82, 2.24) is 4.31 Å². The third kappa shape index (κ3) is 4.10. The number of benzene rings is 2. The molecule has 0 aromatic heterocycles. The number of hydrogen-bond acceptors (Lipinski definition) is 4. The molecule has 27 heavy (non-hydrogen) atoms. The maximum Gasteiger partial charge on any atom is 0.255 e. The second kappa shape index (κ2) is 7.88. The number of nitrogens with zero attached hydrogens (tertiary/aromatic N) is 1. The van der Waals surface area contributed by atoms with E-state index >= 15 is 0 Å². The largest absolute Gasteiger partial charge is 0.495 e. The Bertz CT molecular complexity index is 970. The second-order valence-electron chi connectivity index (χ2n) is 6.39. The number of carbonyl (C=O) groups is 1. The Kier molecular flexibility index (Phi) is 5.74. The fourth-order valence-corrected chi connectivity index (χ4v) is 4.72. The number of hydrogen-bond donors (Lipinski definition) is 1. The van der Waals surface area contributed by atoms with Gasteiger partial charge in [0.1, 0.15) is 5.75 Å². The zero-order valence-electron chi connectivity index (χ0n) is 15.2. The summed E-state index contributed by atoms with van der Waals surface area (Å²) in [5.41, 5.74) is 1.51. The van der Waals surface area contributed by atoms with Crippen molar-refractivity contribution < 1.29 is 17.9 Å². The quantitative estimate of drug-likeness (QED) is 0.818. The highest BCUT2D eigenvalue weighted by molar-refractivity contribution is 7.89. The van der Waals surface area contributed by atoms with Crippen LogP contribution in [0.15, 0.2) is 41.3 Å². The summed E-state index contributed by atoms with van der Waals surface area (Å²) >= 11 is 6.09. The highest BCUT2D eigenvalue weighted by Crippen LogP contribution is 2.31. The van der Waals surface area contributed by atoms with Crippen molar-refractivity contribution in [3.63, 3.8) is 0 Å². The van der Waals surface area contributed by atoms with Crippen LogP contribution in [-0.4, -0.2) is 38.8 Å². The molecule has 0 saturated carbocycles. The highest BCUT2D eigenvalue weighted by atomic mass is 35.5. The molecule has 1 heterocycles. The van der Waals surface area contributed by atoms with Crippen LogP contribution in [0.1, 0.15) is 28.8 Å². The van der Waals surface area contributed by atoms with Gasteiger partial charge in [0.15, 0.2) is 0 Å². The van der Waals surface area contributed by atoms with E-state index in [9.17, 15) is 13.2 Å². The minimum atomic E-state index is -3.58. The molecule has 8 heteroatoms. The van der Waals surface area contributed by atoms with Crippen molar-refractivity contribution in [3.8, 4) is 5.75 Å².